The third-order valence-corrected chi connectivity index (χ3v) is 6.26. The Hall–Kier alpha value is -2.82. The molecule has 0 aromatic heterocycles. The number of anilines is 1. The average Bonchev–Trinajstić information content (AvgIpc) is 3.54. The quantitative estimate of drug-likeness (QED) is 0.736. The molecule has 2 N–H and O–H groups in total. The van der Waals surface area contributed by atoms with Gasteiger partial charge in [-0.2, -0.15) is 0 Å². The number of benzene rings is 2. The SMILES string of the molecule is COc1ccc(C(C)NC(=O)C2(c3ccc(NC(=O)C4CC4)cc3)CCC2)cc1. The molecule has 5 heteroatoms. The summed E-state index contributed by atoms with van der Waals surface area (Å²) in [6.07, 6.45) is 4.72. The normalized spacial score (nSPS) is 18.3. The van der Waals surface area contributed by atoms with E-state index in [1.54, 1.807) is 7.11 Å². The first-order chi connectivity index (χ1) is 14.0. The lowest BCUT2D eigenvalue weighted by atomic mass is 9.63. The molecule has 0 spiro atoms. The molecule has 5 nitrogen and oxygen atoms in total. The van der Waals surface area contributed by atoms with Crippen molar-refractivity contribution < 1.29 is 14.3 Å². The standard InChI is InChI=1S/C24H28N2O3/c1-16(17-6-12-21(29-2)13-7-17)25-23(28)24(14-3-15-24)19-8-10-20(11-9-19)26-22(27)18-4-5-18/h6-13,16,18H,3-5,14-15H2,1-2H3,(H,25,28)(H,26,27). The van der Waals surface area contributed by atoms with Gasteiger partial charge in [0.1, 0.15) is 5.75 Å². The molecule has 0 bridgehead atoms. The van der Waals surface area contributed by atoms with Crippen LogP contribution in [0.4, 0.5) is 5.69 Å². The fraction of sp³-hybridized carbons (Fsp3) is 0.417. The predicted molar refractivity (Wildman–Crippen MR) is 113 cm³/mol. The van der Waals surface area contributed by atoms with E-state index in [0.29, 0.717) is 0 Å². The van der Waals surface area contributed by atoms with Crippen LogP contribution in [0, 0.1) is 5.92 Å². The molecule has 2 aromatic carbocycles. The van der Waals surface area contributed by atoms with Crippen LogP contribution in [0.25, 0.3) is 0 Å². The number of nitrogens with one attached hydrogen (secondary N) is 2. The largest absolute Gasteiger partial charge is 0.497 e. The van der Waals surface area contributed by atoms with Crippen molar-refractivity contribution >= 4 is 17.5 Å². The van der Waals surface area contributed by atoms with Crippen molar-refractivity contribution in [3.63, 3.8) is 0 Å². The molecule has 0 aliphatic heterocycles. The smallest absolute Gasteiger partial charge is 0.231 e. The van der Waals surface area contributed by atoms with Crippen molar-refractivity contribution in [2.75, 3.05) is 12.4 Å². The zero-order chi connectivity index (χ0) is 20.4. The Kier molecular flexibility index (Phi) is 5.31. The first kappa shape index (κ1) is 19.5. The molecule has 0 heterocycles. The average molecular weight is 392 g/mol. The van der Waals surface area contributed by atoms with E-state index < -0.39 is 5.41 Å². The second kappa shape index (κ2) is 7.90. The highest BCUT2D eigenvalue weighted by Gasteiger charge is 2.45. The lowest BCUT2D eigenvalue weighted by Gasteiger charge is -2.41. The molecule has 2 aliphatic carbocycles. The maximum atomic E-state index is 13.2. The van der Waals surface area contributed by atoms with Crippen LogP contribution in [-0.4, -0.2) is 18.9 Å². The number of carbonyl (C=O) groups excluding carboxylic acids is 2. The lowest BCUT2D eigenvalue weighted by molar-refractivity contribution is -0.130. The zero-order valence-corrected chi connectivity index (χ0v) is 17.0. The topological polar surface area (TPSA) is 67.4 Å². The summed E-state index contributed by atoms with van der Waals surface area (Å²) in [6.45, 7) is 2.00. The van der Waals surface area contributed by atoms with E-state index in [1.165, 1.54) is 0 Å². The number of hydrogen-bond donors (Lipinski definition) is 2. The van der Waals surface area contributed by atoms with Gasteiger partial charge in [0.15, 0.2) is 0 Å². The maximum absolute atomic E-state index is 13.2. The van der Waals surface area contributed by atoms with E-state index in [4.69, 9.17) is 4.74 Å². The maximum Gasteiger partial charge on any atom is 0.231 e. The zero-order valence-electron chi connectivity index (χ0n) is 17.0. The van der Waals surface area contributed by atoms with E-state index in [1.807, 2.05) is 55.5 Å². The van der Waals surface area contributed by atoms with E-state index in [0.717, 1.165) is 54.7 Å². The van der Waals surface area contributed by atoms with Crippen LogP contribution in [0.15, 0.2) is 48.5 Å². The van der Waals surface area contributed by atoms with Crippen LogP contribution in [-0.2, 0) is 15.0 Å². The molecule has 0 radical (unpaired) electrons. The molecule has 2 saturated carbocycles. The molecule has 2 amide bonds. The van der Waals surface area contributed by atoms with Gasteiger partial charge in [0.05, 0.1) is 18.6 Å². The van der Waals surface area contributed by atoms with Crippen molar-refractivity contribution in [2.24, 2.45) is 5.92 Å². The summed E-state index contributed by atoms with van der Waals surface area (Å²) in [5, 5.41) is 6.16. The molecular formula is C24H28N2O3. The summed E-state index contributed by atoms with van der Waals surface area (Å²) in [6, 6.07) is 15.5. The Morgan fingerprint density at radius 3 is 2.21 bits per heavy atom. The van der Waals surface area contributed by atoms with Gasteiger partial charge in [-0.3, -0.25) is 9.59 Å². The summed E-state index contributed by atoms with van der Waals surface area (Å²) >= 11 is 0. The minimum atomic E-state index is -0.472. The van der Waals surface area contributed by atoms with E-state index in [9.17, 15) is 9.59 Å². The summed E-state index contributed by atoms with van der Waals surface area (Å²) < 4.78 is 5.21. The number of amides is 2. The van der Waals surface area contributed by atoms with Gasteiger partial charge in [-0.05, 0) is 68.0 Å². The van der Waals surface area contributed by atoms with Crippen molar-refractivity contribution in [1.82, 2.24) is 5.32 Å². The van der Waals surface area contributed by atoms with Gasteiger partial charge in [-0.15, -0.1) is 0 Å². The van der Waals surface area contributed by atoms with Crippen molar-refractivity contribution in [3.8, 4) is 5.75 Å². The summed E-state index contributed by atoms with van der Waals surface area (Å²) in [5.41, 5.74) is 2.39. The third kappa shape index (κ3) is 4.00. The van der Waals surface area contributed by atoms with Gasteiger partial charge < -0.3 is 15.4 Å². The van der Waals surface area contributed by atoms with E-state index in [-0.39, 0.29) is 23.8 Å². The van der Waals surface area contributed by atoms with Crippen LogP contribution in [0.2, 0.25) is 0 Å². The second-order valence-electron chi connectivity index (χ2n) is 8.24. The fourth-order valence-electron chi connectivity index (χ4n) is 3.95. The molecule has 152 valence electrons. The lowest BCUT2D eigenvalue weighted by Crippen LogP contribution is -2.49. The van der Waals surface area contributed by atoms with Crippen LogP contribution >= 0.6 is 0 Å². The minimum absolute atomic E-state index is 0.0711. The Morgan fingerprint density at radius 2 is 1.69 bits per heavy atom. The van der Waals surface area contributed by atoms with Gasteiger partial charge >= 0.3 is 0 Å². The first-order valence-electron chi connectivity index (χ1n) is 10.4. The molecular weight excluding hydrogens is 364 g/mol. The second-order valence-corrected chi connectivity index (χ2v) is 8.24. The Balaban J connectivity index is 1.44. The highest BCUT2D eigenvalue weighted by atomic mass is 16.5. The van der Waals surface area contributed by atoms with Gasteiger partial charge in [0.2, 0.25) is 11.8 Å². The van der Waals surface area contributed by atoms with Crippen molar-refractivity contribution in [1.29, 1.82) is 0 Å². The van der Waals surface area contributed by atoms with Crippen LogP contribution in [0.5, 0.6) is 5.75 Å². The van der Waals surface area contributed by atoms with Crippen molar-refractivity contribution in [3.05, 3.63) is 59.7 Å². The monoisotopic (exact) mass is 392 g/mol. The number of methoxy groups -OCH3 is 1. The van der Waals surface area contributed by atoms with E-state index >= 15 is 0 Å². The molecule has 4 rings (SSSR count). The van der Waals surface area contributed by atoms with E-state index in [2.05, 4.69) is 10.6 Å². The van der Waals surface area contributed by atoms with Crippen molar-refractivity contribution in [2.45, 2.75) is 50.5 Å². The first-order valence-corrected chi connectivity index (χ1v) is 10.4. The fourth-order valence-corrected chi connectivity index (χ4v) is 3.95. The van der Waals surface area contributed by atoms with Gasteiger partial charge in [0.25, 0.3) is 0 Å². The van der Waals surface area contributed by atoms with Gasteiger partial charge in [-0.25, -0.2) is 0 Å². The van der Waals surface area contributed by atoms with Gasteiger partial charge in [0, 0.05) is 11.6 Å². The third-order valence-electron chi connectivity index (χ3n) is 6.26. The Labute approximate surface area is 171 Å². The highest BCUT2D eigenvalue weighted by Crippen LogP contribution is 2.44. The summed E-state index contributed by atoms with van der Waals surface area (Å²) in [5.74, 6) is 1.15. The number of hydrogen-bond acceptors (Lipinski definition) is 3. The molecule has 2 fully saturated rings. The Morgan fingerprint density at radius 1 is 1.03 bits per heavy atom. The molecule has 2 aromatic rings. The molecule has 29 heavy (non-hydrogen) atoms. The molecule has 1 unspecified atom stereocenters. The van der Waals surface area contributed by atoms with Crippen LogP contribution in [0.3, 0.4) is 0 Å². The minimum Gasteiger partial charge on any atom is -0.497 e. The summed E-state index contributed by atoms with van der Waals surface area (Å²) in [7, 11) is 1.64. The number of ether oxygens (including phenoxy) is 1. The Bertz CT molecular complexity index is 881. The molecule has 0 saturated heterocycles. The molecule has 2 aliphatic rings. The van der Waals surface area contributed by atoms with Crippen LogP contribution in [0.1, 0.15) is 56.2 Å². The van der Waals surface area contributed by atoms with Gasteiger partial charge in [-0.1, -0.05) is 30.7 Å². The number of carbonyl (C=O) groups is 2. The van der Waals surface area contributed by atoms with Crippen LogP contribution < -0.4 is 15.4 Å². The predicted octanol–water partition coefficient (Wildman–Crippen LogP) is 4.34. The highest BCUT2D eigenvalue weighted by molar-refractivity contribution is 5.94. The summed E-state index contributed by atoms with van der Waals surface area (Å²) in [4.78, 5) is 25.2. The number of rotatable bonds is 7. The molecule has 1 atom stereocenters.